The molecule has 0 aliphatic heterocycles. The molecule has 0 amide bonds. The topological polar surface area (TPSA) is 52.3 Å². The van der Waals surface area contributed by atoms with Gasteiger partial charge in [-0.2, -0.15) is 0 Å². The van der Waals surface area contributed by atoms with Gasteiger partial charge < -0.3 is 10.5 Å². The molecule has 4 rings (SSSR count). The van der Waals surface area contributed by atoms with Crippen molar-refractivity contribution < 1.29 is 9.53 Å². The molecule has 2 atom stereocenters. The number of carbonyl (C=O) groups is 1. The minimum absolute atomic E-state index is 0.204. The Morgan fingerprint density at radius 3 is 1.86 bits per heavy atom. The number of nitrogens with two attached hydrogens (primary N) is 1. The van der Waals surface area contributed by atoms with Gasteiger partial charge in [0, 0.05) is 5.41 Å². The number of carbonyl (C=O) groups excluding carboxylic acids is 1. The van der Waals surface area contributed by atoms with Crippen LogP contribution in [0.1, 0.15) is 79.1 Å². The summed E-state index contributed by atoms with van der Waals surface area (Å²) in [5.41, 5.74) is 5.13. The van der Waals surface area contributed by atoms with E-state index in [4.69, 9.17) is 10.5 Å². The van der Waals surface area contributed by atoms with Gasteiger partial charge in [0.15, 0.2) is 0 Å². The Morgan fingerprint density at radius 2 is 1.50 bits per heavy atom. The van der Waals surface area contributed by atoms with Crippen molar-refractivity contribution in [2.24, 2.45) is 28.9 Å². The molecule has 4 aliphatic rings. The fraction of sp³-hybridized carbons (Fsp3) is 0.947. The van der Waals surface area contributed by atoms with E-state index in [1.807, 2.05) is 6.92 Å². The molecule has 3 nitrogen and oxygen atoms in total. The van der Waals surface area contributed by atoms with Crippen LogP contribution in [0.15, 0.2) is 0 Å². The molecule has 4 aliphatic carbocycles. The lowest BCUT2D eigenvalue weighted by Gasteiger charge is -2.62. The van der Waals surface area contributed by atoms with Gasteiger partial charge >= 0.3 is 5.97 Å². The summed E-state index contributed by atoms with van der Waals surface area (Å²) in [5, 5.41) is 0. The monoisotopic (exact) mass is 307 g/mol. The van der Waals surface area contributed by atoms with E-state index >= 15 is 0 Å². The van der Waals surface area contributed by atoms with Crippen molar-refractivity contribution in [3.8, 4) is 0 Å². The molecule has 4 fully saturated rings. The second-order valence-electron chi connectivity index (χ2n) is 8.94. The maximum atomic E-state index is 12.6. The van der Waals surface area contributed by atoms with Crippen LogP contribution in [0.5, 0.6) is 0 Å². The van der Waals surface area contributed by atoms with Gasteiger partial charge in [-0.15, -0.1) is 0 Å². The van der Waals surface area contributed by atoms with Gasteiger partial charge in [0.05, 0.1) is 0 Å². The molecule has 2 unspecified atom stereocenters. The largest absolute Gasteiger partial charge is 0.457 e. The van der Waals surface area contributed by atoms with Crippen molar-refractivity contribution in [2.75, 3.05) is 0 Å². The first kappa shape index (κ1) is 16.3. The number of hydrogen-bond acceptors (Lipinski definition) is 3. The average molecular weight is 307 g/mol. The molecule has 0 aromatic carbocycles. The summed E-state index contributed by atoms with van der Waals surface area (Å²) >= 11 is 0. The fourth-order valence-corrected chi connectivity index (χ4v) is 5.78. The summed E-state index contributed by atoms with van der Waals surface area (Å²) in [6, 6.07) is 0. The summed E-state index contributed by atoms with van der Waals surface area (Å²) in [6.07, 6.45) is 9.51. The van der Waals surface area contributed by atoms with Crippen LogP contribution >= 0.6 is 0 Å². The molecule has 4 saturated carbocycles. The number of hydrogen-bond donors (Lipinski definition) is 1. The van der Waals surface area contributed by atoms with E-state index in [0.717, 1.165) is 24.2 Å². The maximum absolute atomic E-state index is 12.6. The van der Waals surface area contributed by atoms with Crippen molar-refractivity contribution in [1.82, 2.24) is 0 Å². The summed E-state index contributed by atoms with van der Waals surface area (Å²) in [4.78, 5) is 12.6. The van der Waals surface area contributed by atoms with Crippen molar-refractivity contribution in [1.29, 1.82) is 0 Å². The molecule has 0 radical (unpaired) electrons. The highest BCUT2D eigenvalue weighted by molar-refractivity contribution is 5.80. The molecular weight excluding hydrogens is 274 g/mol. The standard InChI is InChI=1S/C19H33NO2/c1-5-17(3,20)16(21)22-18(4,6-2)19-10-13-7-14(11-19)9-15(8-13)12-19/h13-15H,5-12,20H2,1-4H3. The first-order chi connectivity index (χ1) is 10.2. The molecular formula is C19H33NO2. The average Bonchev–Trinajstić information content (AvgIpc) is 2.45. The third-order valence-corrected chi connectivity index (χ3v) is 7.35. The van der Waals surface area contributed by atoms with Crippen LogP contribution in [0.25, 0.3) is 0 Å². The molecule has 4 bridgehead atoms. The lowest BCUT2D eigenvalue weighted by molar-refractivity contribution is -0.209. The quantitative estimate of drug-likeness (QED) is 0.780. The van der Waals surface area contributed by atoms with Crippen LogP contribution in [0.2, 0.25) is 0 Å². The molecule has 126 valence electrons. The molecule has 0 spiro atoms. The normalized spacial score (nSPS) is 41.8. The minimum atomic E-state index is -0.862. The van der Waals surface area contributed by atoms with Crippen molar-refractivity contribution in [3.05, 3.63) is 0 Å². The Balaban J connectivity index is 1.85. The van der Waals surface area contributed by atoms with Gasteiger partial charge in [-0.3, -0.25) is 4.79 Å². The minimum Gasteiger partial charge on any atom is -0.457 e. The van der Waals surface area contributed by atoms with Gasteiger partial charge in [0.2, 0.25) is 0 Å². The molecule has 0 heterocycles. The number of rotatable bonds is 5. The van der Waals surface area contributed by atoms with E-state index in [2.05, 4.69) is 13.8 Å². The Labute approximate surface area is 135 Å². The second-order valence-corrected chi connectivity index (χ2v) is 8.94. The van der Waals surface area contributed by atoms with Gasteiger partial charge in [-0.1, -0.05) is 13.8 Å². The summed E-state index contributed by atoms with van der Waals surface area (Å²) in [7, 11) is 0. The van der Waals surface area contributed by atoms with Gasteiger partial charge in [0.25, 0.3) is 0 Å². The molecule has 2 N–H and O–H groups in total. The highest BCUT2D eigenvalue weighted by Crippen LogP contribution is 2.65. The zero-order chi connectivity index (χ0) is 16.2. The van der Waals surface area contributed by atoms with Crippen molar-refractivity contribution in [3.63, 3.8) is 0 Å². The number of ether oxygens (including phenoxy) is 1. The SMILES string of the molecule is CCC(C)(N)C(=O)OC(C)(CC)C12CC3CC(CC(C3)C1)C2. The summed E-state index contributed by atoms with van der Waals surface area (Å²) in [5.74, 6) is 2.39. The van der Waals surface area contributed by atoms with Crippen LogP contribution in [-0.4, -0.2) is 17.1 Å². The highest BCUT2D eigenvalue weighted by atomic mass is 16.6. The smallest absolute Gasteiger partial charge is 0.326 e. The van der Waals surface area contributed by atoms with E-state index < -0.39 is 5.54 Å². The van der Waals surface area contributed by atoms with Crippen LogP contribution in [0, 0.1) is 23.2 Å². The molecule has 0 aromatic rings. The van der Waals surface area contributed by atoms with Gasteiger partial charge in [-0.25, -0.2) is 0 Å². The second kappa shape index (κ2) is 5.22. The third kappa shape index (κ3) is 2.40. The Kier molecular flexibility index (Phi) is 3.87. The predicted octanol–water partition coefficient (Wildman–Crippen LogP) is 4.04. The lowest BCUT2D eigenvalue weighted by atomic mass is 9.45. The molecule has 0 saturated heterocycles. The zero-order valence-corrected chi connectivity index (χ0v) is 14.8. The highest BCUT2D eigenvalue weighted by Gasteiger charge is 2.60. The van der Waals surface area contributed by atoms with E-state index in [9.17, 15) is 4.79 Å². The molecule has 3 heteroatoms. The molecule has 0 aromatic heterocycles. The zero-order valence-electron chi connectivity index (χ0n) is 14.8. The van der Waals surface area contributed by atoms with Crippen LogP contribution < -0.4 is 5.73 Å². The molecule has 22 heavy (non-hydrogen) atoms. The van der Waals surface area contributed by atoms with E-state index in [1.165, 1.54) is 38.5 Å². The van der Waals surface area contributed by atoms with E-state index in [-0.39, 0.29) is 17.0 Å². The van der Waals surface area contributed by atoms with Crippen LogP contribution in [0.4, 0.5) is 0 Å². The predicted molar refractivity (Wildman–Crippen MR) is 88.3 cm³/mol. The van der Waals surface area contributed by atoms with Gasteiger partial charge in [-0.05, 0) is 83.0 Å². The Hall–Kier alpha value is -0.570. The Morgan fingerprint density at radius 1 is 1.05 bits per heavy atom. The summed E-state index contributed by atoms with van der Waals surface area (Å²) in [6.45, 7) is 8.11. The maximum Gasteiger partial charge on any atom is 0.326 e. The first-order valence-electron chi connectivity index (χ1n) is 9.26. The summed E-state index contributed by atoms with van der Waals surface area (Å²) < 4.78 is 6.16. The van der Waals surface area contributed by atoms with Crippen LogP contribution in [-0.2, 0) is 9.53 Å². The fourth-order valence-electron chi connectivity index (χ4n) is 5.78. The lowest BCUT2D eigenvalue weighted by Crippen LogP contribution is -2.60. The third-order valence-electron chi connectivity index (χ3n) is 7.35. The van der Waals surface area contributed by atoms with Crippen LogP contribution in [0.3, 0.4) is 0 Å². The van der Waals surface area contributed by atoms with E-state index in [1.54, 1.807) is 6.92 Å². The first-order valence-corrected chi connectivity index (χ1v) is 9.26. The Bertz CT molecular complexity index is 421. The van der Waals surface area contributed by atoms with Gasteiger partial charge in [0.1, 0.15) is 11.1 Å². The number of esters is 1. The van der Waals surface area contributed by atoms with E-state index in [0.29, 0.717) is 6.42 Å². The van der Waals surface area contributed by atoms with Crippen molar-refractivity contribution >= 4 is 5.97 Å². The van der Waals surface area contributed by atoms with Crippen molar-refractivity contribution in [2.45, 2.75) is 90.2 Å².